The number of hydrogen-bond acceptors (Lipinski definition) is 6. The monoisotopic (exact) mass is 241 g/mol. The maximum Gasteiger partial charge on any atom is 0.203 e. The number of aromatic nitrogens is 2. The number of likely N-dealkylation sites (N-methyl/N-ethyl adjacent to an activating group) is 1. The third kappa shape index (κ3) is 3.13. The molecule has 16 heavy (non-hydrogen) atoms. The molecule has 6 heteroatoms. The van der Waals surface area contributed by atoms with E-state index in [1.165, 1.54) is 44.1 Å². The lowest BCUT2D eigenvalue weighted by atomic mass is 10.3. The van der Waals surface area contributed by atoms with Crippen molar-refractivity contribution in [3.8, 4) is 0 Å². The van der Waals surface area contributed by atoms with Gasteiger partial charge in [0.05, 0.1) is 0 Å². The second-order valence-corrected chi connectivity index (χ2v) is 5.15. The zero-order valence-corrected chi connectivity index (χ0v) is 10.5. The van der Waals surface area contributed by atoms with Crippen LogP contribution in [0.1, 0.15) is 11.9 Å². The highest BCUT2D eigenvalue weighted by Crippen LogP contribution is 2.12. The summed E-state index contributed by atoms with van der Waals surface area (Å²) >= 11 is 1.50. The number of anilines is 1. The molecule has 0 bridgehead atoms. The third-order valence-electron chi connectivity index (χ3n) is 3.04. The van der Waals surface area contributed by atoms with Crippen molar-refractivity contribution in [2.45, 2.75) is 13.3 Å². The number of hydrogen-bond donors (Lipinski definition) is 1. The van der Waals surface area contributed by atoms with Gasteiger partial charge in [-0.1, -0.05) is 18.3 Å². The molecule has 0 spiro atoms. The first-order chi connectivity index (χ1) is 7.78. The van der Waals surface area contributed by atoms with Crippen molar-refractivity contribution >= 4 is 16.5 Å². The van der Waals surface area contributed by atoms with Crippen LogP contribution in [-0.4, -0.2) is 59.3 Å². The molecule has 1 aromatic rings. The lowest BCUT2D eigenvalue weighted by molar-refractivity contribution is 0.138. The number of rotatable bonds is 4. The van der Waals surface area contributed by atoms with Crippen LogP contribution in [-0.2, 0) is 6.42 Å². The van der Waals surface area contributed by atoms with Crippen LogP contribution in [0.3, 0.4) is 0 Å². The minimum Gasteiger partial charge on any atom is -0.374 e. The number of piperazine rings is 1. The molecule has 2 heterocycles. The van der Waals surface area contributed by atoms with Gasteiger partial charge in [-0.2, -0.15) is 0 Å². The summed E-state index contributed by atoms with van der Waals surface area (Å²) in [5, 5.41) is 9.49. The second kappa shape index (κ2) is 5.56. The van der Waals surface area contributed by atoms with E-state index >= 15 is 0 Å². The predicted octanol–water partition coefficient (Wildman–Crippen LogP) is 0.300. The van der Waals surface area contributed by atoms with Gasteiger partial charge >= 0.3 is 0 Å². The first-order valence-electron chi connectivity index (χ1n) is 5.80. The largest absolute Gasteiger partial charge is 0.374 e. The summed E-state index contributed by atoms with van der Waals surface area (Å²) in [7, 11) is 0. The summed E-state index contributed by atoms with van der Waals surface area (Å²) in [4.78, 5) is 4.98. The van der Waals surface area contributed by atoms with E-state index in [2.05, 4.69) is 26.9 Å². The summed E-state index contributed by atoms with van der Waals surface area (Å²) in [6.07, 6.45) is 0.973. The van der Waals surface area contributed by atoms with Crippen molar-refractivity contribution in [1.29, 1.82) is 0 Å². The maximum atomic E-state index is 5.55. The van der Waals surface area contributed by atoms with E-state index in [1.807, 2.05) is 0 Å². The first-order valence-corrected chi connectivity index (χ1v) is 6.62. The van der Waals surface area contributed by atoms with Crippen LogP contribution in [0.2, 0.25) is 0 Å². The molecule has 0 radical (unpaired) electrons. The second-order valence-electron chi connectivity index (χ2n) is 4.06. The standard InChI is InChI=1S/C10H19N5S/c1-2-14-5-7-15(8-6-14)4-3-9-12-13-10(11)16-9/h2-8H2,1H3,(H2,11,13). The van der Waals surface area contributed by atoms with Gasteiger partial charge in [0.25, 0.3) is 0 Å². The lowest BCUT2D eigenvalue weighted by Gasteiger charge is -2.33. The number of nitrogens with zero attached hydrogens (tertiary/aromatic N) is 4. The molecule has 1 saturated heterocycles. The molecule has 1 aliphatic heterocycles. The highest BCUT2D eigenvalue weighted by Gasteiger charge is 2.15. The van der Waals surface area contributed by atoms with E-state index in [4.69, 9.17) is 5.73 Å². The SMILES string of the molecule is CCN1CCN(CCc2nnc(N)s2)CC1. The van der Waals surface area contributed by atoms with Crippen LogP contribution >= 0.6 is 11.3 Å². The quantitative estimate of drug-likeness (QED) is 0.821. The smallest absolute Gasteiger partial charge is 0.203 e. The number of nitrogen functional groups attached to an aromatic ring is 1. The van der Waals surface area contributed by atoms with Gasteiger partial charge in [-0.3, -0.25) is 0 Å². The van der Waals surface area contributed by atoms with E-state index in [0.717, 1.165) is 18.0 Å². The number of nitrogens with two attached hydrogens (primary N) is 1. The zero-order valence-electron chi connectivity index (χ0n) is 9.72. The molecule has 0 saturated carbocycles. The van der Waals surface area contributed by atoms with Gasteiger partial charge in [-0.15, -0.1) is 10.2 Å². The molecule has 0 aliphatic carbocycles. The van der Waals surface area contributed by atoms with Gasteiger partial charge < -0.3 is 15.5 Å². The summed E-state index contributed by atoms with van der Waals surface area (Å²) in [5.74, 6) is 0. The minimum atomic E-state index is 0.575. The summed E-state index contributed by atoms with van der Waals surface area (Å²) in [6.45, 7) is 9.18. The predicted molar refractivity (Wildman–Crippen MR) is 66.6 cm³/mol. The molecule has 1 fully saturated rings. The minimum absolute atomic E-state index is 0.575. The third-order valence-corrected chi connectivity index (χ3v) is 3.85. The van der Waals surface area contributed by atoms with Crippen molar-refractivity contribution in [2.24, 2.45) is 0 Å². The Labute approximate surface area is 100 Å². The van der Waals surface area contributed by atoms with Crippen LogP contribution in [0.15, 0.2) is 0 Å². The molecule has 90 valence electrons. The van der Waals surface area contributed by atoms with Crippen LogP contribution in [0.4, 0.5) is 5.13 Å². The highest BCUT2D eigenvalue weighted by molar-refractivity contribution is 7.15. The Balaban J connectivity index is 1.71. The van der Waals surface area contributed by atoms with E-state index < -0.39 is 0 Å². The summed E-state index contributed by atoms with van der Waals surface area (Å²) in [6, 6.07) is 0. The Kier molecular flexibility index (Phi) is 4.09. The average Bonchev–Trinajstić information content (AvgIpc) is 2.73. The fourth-order valence-electron chi connectivity index (χ4n) is 1.95. The Bertz CT molecular complexity index is 319. The molecule has 0 aromatic carbocycles. The van der Waals surface area contributed by atoms with E-state index in [0.29, 0.717) is 5.13 Å². The van der Waals surface area contributed by atoms with Crippen LogP contribution in [0.5, 0.6) is 0 Å². The molecule has 0 atom stereocenters. The van der Waals surface area contributed by atoms with Gasteiger partial charge in [0.2, 0.25) is 5.13 Å². The highest BCUT2D eigenvalue weighted by atomic mass is 32.1. The molecular formula is C10H19N5S. The van der Waals surface area contributed by atoms with Crippen molar-refractivity contribution in [3.05, 3.63) is 5.01 Å². The average molecular weight is 241 g/mol. The molecule has 0 unspecified atom stereocenters. The Morgan fingerprint density at radius 2 is 1.88 bits per heavy atom. The fourth-order valence-corrected chi connectivity index (χ4v) is 2.55. The van der Waals surface area contributed by atoms with Crippen molar-refractivity contribution in [3.63, 3.8) is 0 Å². The van der Waals surface area contributed by atoms with E-state index in [9.17, 15) is 0 Å². The first kappa shape index (κ1) is 11.8. The van der Waals surface area contributed by atoms with Crippen molar-refractivity contribution < 1.29 is 0 Å². The Morgan fingerprint density at radius 1 is 1.19 bits per heavy atom. The van der Waals surface area contributed by atoms with Gasteiger partial charge in [-0.25, -0.2) is 0 Å². The fraction of sp³-hybridized carbons (Fsp3) is 0.800. The molecule has 2 N–H and O–H groups in total. The molecule has 2 rings (SSSR count). The van der Waals surface area contributed by atoms with E-state index in [1.54, 1.807) is 0 Å². The molecule has 1 aromatic heterocycles. The molecular weight excluding hydrogens is 222 g/mol. The molecule has 5 nitrogen and oxygen atoms in total. The van der Waals surface area contributed by atoms with Crippen LogP contribution < -0.4 is 5.73 Å². The van der Waals surface area contributed by atoms with Gasteiger partial charge in [-0.05, 0) is 6.54 Å². The Morgan fingerprint density at radius 3 is 2.44 bits per heavy atom. The van der Waals surface area contributed by atoms with Gasteiger partial charge in [0, 0.05) is 39.1 Å². The van der Waals surface area contributed by atoms with Crippen molar-refractivity contribution in [2.75, 3.05) is 45.0 Å². The summed E-state index contributed by atoms with van der Waals surface area (Å²) in [5.41, 5.74) is 5.55. The lowest BCUT2D eigenvalue weighted by Crippen LogP contribution is -2.46. The van der Waals surface area contributed by atoms with Gasteiger partial charge in [0.1, 0.15) is 5.01 Å². The zero-order chi connectivity index (χ0) is 11.4. The summed E-state index contributed by atoms with van der Waals surface area (Å²) < 4.78 is 0. The van der Waals surface area contributed by atoms with E-state index in [-0.39, 0.29) is 0 Å². The molecule has 0 amide bonds. The Hall–Kier alpha value is -0.720. The van der Waals surface area contributed by atoms with Crippen molar-refractivity contribution in [1.82, 2.24) is 20.0 Å². The molecule has 1 aliphatic rings. The van der Waals surface area contributed by atoms with Gasteiger partial charge in [0.15, 0.2) is 0 Å². The van der Waals surface area contributed by atoms with Crippen LogP contribution in [0, 0.1) is 0 Å². The normalized spacial score (nSPS) is 19.1. The topological polar surface area (TPSA) is 58.3 Å². The van der Waals surface area contributed by atoms with Crippen LogP contribution in [0.25, 0.3) is 0 Å². The maximum absolute atomic E-state index is 5.55.